The molecule has 0 aromatic heterocycles. The maximum atomic E-state index is 12.0. The van der Waals surface area contributed by atoms with Crippen LogP contribution in [0.5, 0.6) is 0 Å². The van der Waals surface area contributed by atoms with E-state index in [1.807, 2.05) is 30.3 Å². The molecule has 2 aliphatic heterocycles. The summed E-state index contributed by atoms with van der Waals surface area (Å²) in [6, 6.07) is 9.38. The third-order valence-corrected chi connectivity index (χ3v) is 6.17. The van der Waals surface area contributed by atoms with Gasteiger partial charge in [-0.25, -0.2) is 8.42 Å². The molecular formula is C15H20N2O4S. The fraction of sp³-hybridized carbons (Fsp3) is 0.533. The van der Waals surface area contributed by atoms with Crippen LogP contribution in [0.25, 0.3) is 0 Å². The fourth-order valence-corrected chi connectivity index (χ4v) is 5.45. The minimum atomic E-state index is -3.15. The zero-order valence-corrected chi connectivity index (χ0v) is 13.1. The molecule has 0 spiro atoms. The predicted octanol–water partition coefficient (Wildman–Crippen LogP) is -0.511. The van der Waals surface area contributed by atoms with Gasteiger partial charge in [-0.3, -0.25) is 9.69 Å². The third-order valence-electron chi connectivity index (χ3n) is 4.48. The Bertz CT molecular complexity index is 647. The van der Waals surface area contributed by atoms with Crippen molar-refractivity contribution < 1.29 is 18.3 Å². The second-order valence-electron chi connectivity index (χ2n) is 5.91. The molecule has 7 heteroatoms. The van der Waals surface area contributed by atoms with Gasteiger partial charge in [-0.1, -0.05) is 30.3 Å². The molecule has 0 aliphatic carbocycles. The molecule has 2 fully saturated rings. The van der Waals surface area contributed by atoms with Crippen molar-refractivity contribution in [2.45, 2.75) is 18.6 Å². The molecule has 1 N–H and O–H groups in total. The van der Waals surface area contributed by atoms with E-state index in [1.54, 1.807) is 0 Å². The Hall–Kier alpha value is -1.44. The summed E-state index contributed by atoms with van der Waals surface area (Å²) in [5.41, 5.74) is 1.13. The van der Waals surface area contributed by atoms with Crippen LogP contribution < -0.4 is 0 Å². The minimum absolute atomic E-state index is 0.00526. The molecular weight excluding hydrogens is 304 g/mol. The molecule has 120 valence electrons. The van der Waals surface area contributed by atoms with Crippen LogP contribution in [0.2, 0.25) is 0 Å². The summed E-state index contributed by atoms with van der Waals surface area (Å²) in [6.45, 7) is 1.20. The lowest BCUT2D eigenvalue weighted by molar-refractivity contribution is -0.140. The summed E-state index contributed by atoms with van der Waals surface area (Å²) in [6.07, 6.45) is 0. The molecule has 0 unspecified atom stereocenters. The number of rotatable bonds is 3. The SMILES string of the molecule is O=C(CO)N1CCN(Cc2ccccc2)[C@@H]2CS(=O)(=O)C[C@@H]21. The van der Waals surface area contributed by atoms with Gasteiger partial charge in [0.05, 0.1) is 17.5 Å². The normalized spacial score (nSPS) is 27.6. The Balaban J connectivity index is 1.82. The van der Waals surface area contributed by atoms with Crippen LogP contribution in [0.4, 0.5) is 0 Å². The van der Waals surface area contributed by atoms with Crippen molar-refractivity contribution in [2.75, 3.05) is 31.2 Å². The average molecular weight is 324 g/mol. The number of aliphatic hydroxyl groups is 1. The lowest BCUT2D eigenvalue weighted by Gasteiger charge is -2.43. The van der Waals surface area contributed by atoms with E-state index in [2.05, 4.69) is 4.90 Å². The molecule has 0 saturated carbocycles. The van der Waals surface area contributed by atoms with Gasteiger partial charge in [0.15, 0.2) is 9.84 Å². The molecule has 2 aliphatic rings. The molecule has 1 aromatic carbocycles. The number of aliphatic hydroxyl groups excluding tert-OH is 1. The highest BCUT2D eigenvalue weighted by Crippen LogP contribution is 2.28. The van der Waals surface area contributed by atoms with Gasteiger partial charge in [-0.15, -0.1) is 0 Å². The van der Waals surface area contributed by atoms with Gasteiger partial charge in [0.2, 0.25) is 5.91 Å². The van der Waals surface area contributed by atoms with E-state index in [4.69, 9.17) is 5.11 Å². The maximum Gasteiger partial charge on any atom is 0.248 e. The number of carbonyl (C=O) groups excluding carboxylic acids is 1. The summed E-state index contributed by atoms with van der Waals surface area (Å²) < 4.78 is 24.0. The molecule has 2 heterocycles. The topological polar surface area (TPSA) is 77.9 Å². The predicted molar refractivity (Wildman–Crippen MR) is 81.9 cm³/mol. The number of hydrogen-bond acceptors (Lipinski definition) is 5. The second kappa shape index (κ2) is 5.98. The summed E-state index contributed by atoms with van der Waals surface area (Å²) in [5, 5.41) is 9.08. The van der Waals surface area contributed by atoms with Gasteiger partial charge < -0.3 is 10.0 Å². The van der Waals surface area contributed by atoms with Crippen LogP contribution in [-0.4, -0.2) is 72.5 Å². The number of hydrogen-bond donors (Lipinski definition) is 1. The Labute approximate surface area is 130 Å². The molecule has 0 radical (unpaired) electrons. The van der Waals surface area contributed by atoms with Crippen LogP contribution in [-0.2, 0) is 21.2 Å². The standard InChI is InChI=1S/C15H20N2O4S/c18-9-15(19)17-7-6-16(8-12-4-2-1-3-5-12)13-10-22(20,21)11-14(13)17/h1-5,13-14,18H,6-11H2/t13-,14+/m1/s1. The van der Waals surface area contributed by atoms with Gasteiger partial charge in [0, 0.05) is 25.7 Å². The lowest BCUT2D eigenvalue weighted by Crippen LogP contribution is -2.60. The van der Waals surface area contributed by atoms with E-state index in [0.29, 0.717) is 19.6 Å². The van der Waals surface area contributed by atoms with Crippen LogP contribution >= 0.6 is 0 Å². The molecule has 3 rings (SSSR count). The minimum Gasteiger partial charge on any atom is -0.387 e. The van der Waals surface area contributed by atoms with Gasteiger partial charge in [-0.05, 0) is 5.56 Å². The second-order valence-corrected chi connectivity index (χ2v) is 8.07. The van der Waals surface area contributed by atoms with Crippen molar-refractivity contribution in [3.05, 3.63) is 35.9 Å². The molecule has 1 aromatic rings. The maximum absolute atomic E-state index is 12.0. The zero-order valence-electron chi connectivity index (χ0n) is 12.3. The van der Waals surface area contributed by atoms with Crippen molar-refractivity contribution in [1.82, 2.24) is 9.80 Å². The highest BCUT2D eigenvalue weighted by molar-refractivity contribution is 7.91. The van der Waals surface area contributed by atoms with Gasteiger partial charge in [0.1, 0.15) is 6.61 Å². The molecule has 2 saturated heterocycles. The smallest absolute Gasteiger partial charge is 0.248 e. The summed E-state index contributed by atoms with van der Waals surface area (Å²) in [5.74, 6) is -0.305. The average Bonchev–Trinajstić information content (AvgIpc) is 2.83. The first-order valence-electron chi connectivity index (χ1n) is 7.39. The van der Waals surface area contributed by atoms with Gasteiger partial charge >= 0.3 is 0 Å². The zero-order chi connectivity index (χ0) is 15.7. The first kappa shape index (κ1) is 15.5. The first-order valence-corrected chi connectivity index (χ1v) is 9.21. The highest BCUT2D eigenvalue weighted by Gasteiger charge is 2.47. The molecule has 22 heavy (non-hydrogen) atoms. The lowest BCUT2D eigenvalue weighted by atomic mass is 10.0. The third kappa shape index (κ3) is 3.02. The summed E-state index contributed by atoms with van der Waals surface area (Å²) in [4.78, 5) is 15.5. The number of sulfone groups is 1. The first-order chi connectivity index (χ1) is 10.5. The number of carbonyl (C=O) groups is 1. The van der Waals surface area contributed by atoms with Crippen molar-refractivity contribution in [3.8, 4) is 0 Å². The highest BCUT2D eigenvalue weighted by atomic mass is 32.2. The summed E-state index contributed by atoms with van der Waals surface area (Å²) in [7, 11) is -3.15. The van der Waals surface area contributed by atoms with Crippen molar-refractivity contribution >= 4 is 15.7 Å². The fourth-order valence-electron chi connectivity index (χ4n) is 3.44. The molecule has 2 atom stereocenters. The Morgan fingerprint density at radius 2 is 1.82 bits per heavy atom. The van der Waals surface area contributed by atoms with Crippen LogP contribution in [0.15, 0.2) is 30.3 Å². The van der Waals surface area contributed by atoms with Crippen LogP contribution in [0.3, 0.4) is 0 Å². The van der Waals surface area contributed by atoms with E-state index in [0.717, 1.165) is 5.56 Å². The Morgan fingerprint density at radius 3 is 2.50 bits per heavy atom. The number of fused-ring (bicyclic) bond motifs is 1. The molecule has 0 bridgehead atoms. The van der Waals surface area contributed by atoms with Crippen molar-refractivity contribution in [1.29, 1.82) is 0 Å². The van der Waals surface area contributed by atoms with Crippen molar-refractivity contribution in [3.63, 3.8) is 0 Å². The van der Waals surface area contributed by atoms with E-state index in [1.165, 1.54) is 4.90 Å². The number of piperazine rings is 1. The largest absolute Gasteiger partial charge is 0.387 e. The number of nitrogens with zero attached hydrogens (tertiary/aromatic N) is 2. The van der Waals surface area contributed by atoms with Gasteiger partial charge in [0.25, 0.3) is 0 Å². The summed E-state index contributed by atoms with van der Waals surface area (Å²) >= 11 is 0. The van der Waals surface area contributed by atoms with E-state index in [9.17, 15) is 13.2 Å². The molecule has 6 nitrogen and oxygen atoms in total. The van der Waals surface area contributed by atoms with E-state index in [-0.39, 0.29) is 29.5 Å². The van der Waals surface area contributed by atoms with Crippen LogP contribution in [0.1, 0.15) is 5.56 Å². The van der Waals surface area contributed by atoms with Crippen molar-refractivity contribution in [2.24, 2.45) is 0 Å². The molecule has 1 amide bonds. The van der Waals surface area contributed by atoms with E-state index >= 15 is 0 Å². The monoisotopic (exact) mass is 324 g/mol. The van der Waals surface area contributed by atoms with Gasteiger partial charge in [-0.2, -0.15) is 0 Å². The Kier molecular flexibility index (Phi) is 4.20. The number of benzene rings is 1. The quantitative estimate of drug-likeness (QED) is 0.810. The van der Waals surface area contributed by atoms with E-state index < -0.39 is 16.4 Å². The number of amides is 1. The Morgan fingerprint density at radius 1 is 1.14 bits per heavy atom. The van der Waals surface area contributed by atoms with Crippen LogP contribution in [0, 0.1) is 0 Å².